The van der Waals surface area contributed by atoms with Crippen molar-refractivity contribution in [3.63, 3.8) is 0 Å². The van der Waals surface area contributed by atoms with Gasteiger partial charge in [0.1, 0.15) is 5.75 Å². The minimum absolute atomic E-state index is 0.189. The van der Waals surface area contributed by atoms with E-state index in [2.05, 4.69) is 15.4 Å². The summed E-state index contributed by atoms with van der Waals surface area (Å²) in [6.07, 6.45) is 6.27. The quantitative estimate of drug-likeness (QED) is 0.109. The number of aliphatic hydroxyl groups excluding tert-OH is 1. The van der Waals surface area contributed by atoms with Crippen LogP contribution in [0.4, 0.5) is 11.4 Å². The Kier molecular flexibility index (Phi) is 13.6. The zero-order chi connectivity index (χ0) is 33.7. The highest BCUT2D eigenvalue weighted by atomic mass is 32.2. The summed E-state index contributed by atoms with van der Waals surface area (Å²) >= 11 is 0. The standard InChI is InChI=1S/C36H49N3O7S/c1-27(40)38-31-15-17-32(18-16-31)39-47(42,43)33-13-10-12-28(23-33)11-6-9-22-44-21-8-5-4-7-20-37-25-34(41)29-14-19-35-30(24-29)26-45-36(2,3)46-35/h10,12-19,23-24,34,37,39,41H,4-9,11,20-22,25-26H2,1-3H3,(H,38,40)/t34-/m0/s1. The fourth-order valence-corrected chi connectivity index (χ4v) is 6.40. The normalized spacial score (nSPS) is 14.6. The average Bonchev–Trinajstić information content (AvgIpc) is 3.03. The molecule has 1 heterocycles. The smallest absolute Gasteiger partial charge is 0.261 e. The first-order valence-corrected chi connectivity index (χ1v) is 17.9. The molecule has 0 bridgehead atoms. The molecule has 1 aliphatic heterocycles. The summed E-state index contributed by atoms with van der Waals surface area (Å²) in [4.78, 5) is 11.4. The monoisotopic (exact) mass is 667 g/mol. The number of fused-ring (bicyclic) bond motifs is 1. The third kappa shape index (κ3) is 12.2. The van der Waals surface area contributed by atoms with E-state index in [1.165, 1.54) is 6.92 Å². The van der Waals surface area contributed by atoms with Crippen LogP contribution >= 0.6 is 0 Å². The molecule has 1 aliphatic rings. The predicted octanol–water partition coefficient (Wildman–Crippen LogP) is 6.31. The van der Waals surface area contributed by atoms with Crippen LogP contribution in [0.5, 0.6) is 5.75 Å². The average molecular weight is 668 g/mol. The van der Waals surface area contributed by atoms with E-state index in [1.807, 2.05) is 38.1 Å². The van der Waals surface area contributed by atoms with Crippen LogP contribution in [0.1, 0.15) is 82.1 Å². The number of unbranched alkanes of at least 4 members (excludes halogenated alkanes) is 4. The lowest BCUT2D eigenvalue weighted by molar-refractivity contribution is -0.180. The van der Waals surface area contributed by atoms with Crippen LogP contribution in [0, 0.1) is 0 Å². The van der Waals surface area contributed by atoms with Gasteiger partial charge in [0.05, 0.1) is 17.6 Å². The first kappa shape index (κ1) is 36.4. The van der Waals surface area contributed by atoms with Crippen LogP contribution < -0.4 is 20.1 Å². The van der Waals surface area contributed by atoms with Crippen molar-refractivity contribution < 1.29 is 32.5 Å². The maximum absolute atomic E-state index is 12.9. The van der Waals surface area contributed by atoms with Gasteiger partial charge in [-0.1, -0.05) is 31.0 Å². The SMILES string of the molecule is CC(=O)Nc1ccc(NS(=O)(=O)c2cccc(CCCCOCCCCCCNC[C@H](O)c3ccc4c(c3)COC(C)(C)O4)c2)cc1. The second kappa shape index (κ2) is 17.6. The zero-order valence-electron chi connectivity index (χ0n) is 27.7. The summed E-state index contributed by atoms with van der Waals surface area (Å²) in [5.41, 5.74) is 3.81. The molecule has 0 unspecified atom stereocenters. The number of carbonyl (C=O) groups excluding carboxylic acids is 1. The van der Waals surface area contributed by atoms with Gasteiger partial charge in [0.25, 0.3) is 10.0 Å². The number of sulfonamides is 1. The Hall–Kier alpha value is -3.48. The van der Waals surface area contributed by atoms with Crippen LogP contribution in [0.25, 0.3) is 0 Å². The molecule has 0 aliphatic carbocycles. The van der Waals surface area contributed by atoms with E-state index in [1.54, 1.807) is 42.5 Å². The Morgan fingerprint density at radius 3 is 2.43 bits per heavy atom. The molecule has 4 rings (SSSR count). The minimum atomic E-state index is -3.73. The number of amides is 1. The first-order valence-electron chi connectivity index (χ1n) is 16.4. The molecule has 4 N–H and O–H groups in total. The fourth-order valence-electron chi connectivity index (χ4n) is 5.27. The van der Waals surface area contributed by atoms with Crippen molar-refractivity contribution in [2.45, 2.75) is 89.1 Å². The Balaban J connectivity index is 1.02. The van der Waals surface area contributed by atoms with Gasteiger partial charge in [-0.3, -0.25) is 9.52 Å². The van der Waals surface area contributed by atoms with Gasteiger partial charge in [-0.05, 0) is 98.3 Å². The third-order valence-corrected chi connectivity index (χ3v) is 9.18. The molecule has 0 radical (unpaired) electrons. The summed E-state index contributed by atoms with van der Waals surface area (Å²) in [7, 11) is -3.73. The summed E-state index contributed by atoms with van der Waals surface area (Å²) in [6, 6.07) is 19.3. The minimum Gasteiger partial charge on any atom is -0.463 e. The molecule has 256 valence electrons. The van der Waals surface area contributed by atoms with Crippen molar-refractivity contribution in [3.8, 4) is 5.75 Å². The number of benzene rings is 3. The topological polar surface area (TPSA) is 135 Å². The maximum atomic E-state index is 12.9. The van der Waals surface area contributed by atoms with Gasteiger partial charge in [-0.2, -0.15) is 0 Å². The Labute approximate surface area is 279 Å². The molecule has 0 spiro atoms. The second-order valence-corrected chi connectivity index (χ2v) is 14.1. The van der Waals surface area contributed by atoms with Gasteiger partial charge in [-0.25, -0.2) is 8.42 Å². The molecule has 3 aromatic carbocycles. The van der Waals surface area contributed by atoms with E-state index in [0.29, 0.717) is 31.1 Å². The number of anilines is 2. The maximum Gasteiger partial charge on any atom is 0.261 e. The van der Waals surface area contributed by atoms with Crippen LogP contribution in [-0.4, -0.2) is 51.5 Å². The van der Waals surface area contributed by atoms with Crippen molar-refractivity contribution in [2.75, 3.05) is 36.3 Å². The molecule has 47 heavy (non-hydrogen) atoms. The number of aryl methyl sites for hydroxylation is 1. The summed E-state index contributed by atoms with van der Waals surface area (Å²) < 4.78 is 45.7. The highest BCUT2D eigenvalue weighted by Crippen LogP contribution is 2.33. The van der Waals surface area contributed by atoms with E-state index in [0.717, 1.165) is 80.5 Å². The molecule has 10 nitrogen and oxygen atoms in total. The van der Waals surface area contributed by atoms with Crippen molar-refractivity contribution in [1.29, 1.82) is 0 Å². The molecule has 0 saturated carbocycles. The van der Waals surface area contributed by atoms with Crippen molar-refractivity contribution in [2.24, 2.45) is 0 Å². The Morgan fingerprint density at radius 1 is 0.936 bits per heavy atom. The van der Waals surface area contributed by atoms with Gasteiger partial charge in [0.2, 0.25) is 11.7 Å². The van der Waals surface area contributed by atoms with Gasteiger partial charge < -0.3 is 30.0 Å². The molecule has 1 amide bonds. The molecular weight excluding hydrogens is 618 g/mol. The van der Waals surface area contributed by atoms with E-state index >= 15 is 0 Å². The van der Waals surface area contributed by atoms with E-state index in [-0.39, 0.29) is 10.8 Å². The van der Waals surface area contributed by atoms with Crippen molar-refractivity contribution in [1.82, 2.24) is 5.32 Å². The molecule has 1 atom stereocenters. The van der Waals surface area contributed by atoms with E-state index < -0.39 is 21.9 Å². The lowest BCUT2D eigenvalue weighted by Crippen LogP contribution is -2.35. The van der Waals surface area contributed by atoms with Crippen molar-refractivity contribution in [3.05, 3.63) is 83.4 Å². The number of ether oxygens (including phenoxy) is 3. The predicted molar refractivity (Wildman–Crippen MR) is 184 cm³/mol. The largest absolute Gasteiger partial charge is 0.463 e. The lowest BCUT2D eigenvalue weighted by atomic mass is 10.0. The number of carbonyl (C=O) groups is 1. The second-order valence-electron chi connectivity index (χ2n) is 12.4. The van der Waals surface area contributed by atoms with Crippen LogP contribution in [0.2, 0.25) is 0 Å². The number of rotatable bonds is 19. The molecule has 11 heteroatoms. The Morgan fingerprint density at radius 2 is 1.66 bits per heavy atom. The first-order chi connectivity index (χ1) is 22.5. The third-order valence-electron chi connectivity index (χ3n) is 7.80. The molecule has 3 aromatic rings. The van der Waals surface area contributed by atoms with Crippen LogP contribution in [0.3, 0.4) is 0 Å². The number of hydrogen-bond donors (Lipinski definition) is 4. The number of hydrogen-bond acceptors (Lipinski definition) is 8. The van der Waals surface area contributed by atoms with E-state index in [4.69, 9.17) is 14.2 Å². The summed E-state index contributed by atoms with van der Waals surface area (Å²) in [5.74, 6) is -0.00473. The Bertz CT molecular complexity index is 1540. The van der Waals surface area contributed by atoms with Gasteiger partial charge in [-0.15, -0.1) is 0 Å². The molecule has 0 saturated heterocycles. The highest BCUT2D eigenvalue weighted by molar-refractivity contribution is 7.92. The molecular formula is C36H49N3O7S. The van der Waals surface area contributed by atoms with Gasteiger partial charge in [0, 0.05) is 57.5 Å². The summed E-state index contributed by atoms with van der Waals surface area (Å²) in [5, 5.41) is 16.6. The number of aliphatic hydroxyl groups is 1. The molecule has 0 fully saturated rings. The van der Waals surface area contributed by atoms with Gasteiger partial charge >= 0.3 is 0 Å². The lowest BCUT2D eigenvalue weighted by Gasteiger charge is -2.33. The van der Waals surface area contributed by atoms with Crippen molar-refractivity contribution >= 4 is 27.3 Å². The van der Waals surface area contributed by atoms with Gasteiger partial charge in [0.15, 0.2) is 0 Å². The van der Waals surface area contributed by atoms with Crippen LogP contribution in [0.15, 0.2) is 71.6 Å². The van der Waals surface area contributed by atoms with Crippen LogP contribution in [-0.2, 0) is 37.3 Å². The molecule has 0 aromatic heterocycles. The zero-order valence-corrected chi connectivity index (χ0v) is 28.5. The highest BCUT2D eigenvalue weighted by Gasteiger charge is 2.27. The summed E-state index contributed by atoms with van der Waals surface area (Å²) in [6.45, 7) is 8.45. The number of nitrogens with one attached hydrogen (secondary N) is 3. The van der Waals surface area contributed by atoms with E-state index in [9.17, 15) is 18.3 Å². The fraction of sp³-hybridized carbons (Fsp3) is 0.472.